The number of carbonyl (C=O) groups is 1. The molecule has 0 saturated heterocycles. The molecule has 148 valence electrons. The number of nitrogens with two attached hydrogens (primary N) is 1. The van der Waals surface area contributed by atoms with Gasteiger partial charge in [-0.3, -0.25) is 9.35 Å². The highest BCUT2D eigenvalue weighted by Crippen LogP contribution is 2.36. The minimum Gasteiger partial charge on any atom is -0.388 e. The van der Waals surface area contributed by atoms with Crippen molar-refractivity contribution in [2.45, 2.75) is 31.9 Å². The lowest BCUT2D eigenvalue weighted by atomic mass is 10.00. The Hall–Kier alpha value is -2.14. The first-order valence-corrected chi connectivity index (χ1v) is 10.3. The van der Waals surface area contributed by atoms with Gasteiger partial charge in [0.25, 0.3) is 16.0 Å². The van der Waals surface area contributed by atoms with Gasteiger partial charge in [-0.15, -0.1) is 0 Å². The predicted octanol–water partition coefficient (Wildman–Crippen LogP) is 1.65. The van der Waals surface area contributed by atoms with Gasteiger partial charge in [0.2, 0.25) is 0 Å². The first-order chi connectivity index (χ1) is 12.6. The van der Waals surface area contributed by atoms with Gasteiger partial charge in [0.05, 0.1) is 17.9 Å². The van der Waals surface area contributed by atoms with Crippen LogP contribution in [0.25, 0.3) is 10.9 Å². The number of aliphatic hydroxyl groups excluding tert-OH is 1. The summed E-state index contributed by atoms with van der Waals surface area (Å²) in [5.41, 5.74) is 2.12. The normalized spacial score (nSPS) is 17.1. The Morgan fingerprint density at radius 3 is 2.74 bits per heavy atom. The average molecular weight is 417 g/mol. The molecule has 1 aromatic carbocycles. The molecule has 2 aromatic rings. The number of aliphatic hydroxyl groups is 1. The molecule has 27 heavy (non-hydrogen) atoms. The molecule has 1 unspecified atom stereocenters. The Kier molecular flexibility index (Phi) is 6.82. The number of nitrogens with zero attached hydrogens (tertiary/aromatic N) is 2. The number of halogens is 1. The van der Waals surface area contributed by atoms with E-state index >= 15 is 0 Å². The molecular formula is C16H21ClN4O5S. The second kappa shape index (κ2) is 8.70. The van der Waals surface area contributed by atoms with Crippen molar-refractivity contribution in [3.63, 3.8) is 0 Å². The molecule has 1 aromatic heterocycles. The number of benzene rings is 1. The quantitative estimate of drug-likeness (QED) is 0.192. The zero-order valence-corrected chi connectivity index (χ0v) is 16.2. The van der Waals surface area contributed by atoms with Crippen LogP contribution in [0.4, 0.5) is 0 Å². The summed E-state index contributed by atoms with van der Waals surface area (Å²) in [5.74, 6) is 4.71. The third-order valence-corrected chi connectivity index (χ3v) is 4.34. The molecule has 11 heteroatoms. The molecule has 3 rings (SSSR count). The number of aryl methyl sites for hydroxylation is 1. The third kappa shape index (κ3) is 5.42. The van der Waals surface area contributed by atoms with E-state index in [1.165, 1.54) is 0 Å². The second-order valence-electron chi connectivity index (χ2n) is 6.08. The van der Waals surface area contributed by atoms with Crippen molar-refractivity contribution in [3.05, 3.63) is 34.5 Å². The molecule has 0 saturated carbocycles. The maximum atomic E-state index is 12.3. The number of nitrogens with one attached hydrogen (secondary N) is 1. The molecular weight excluding hydrogens is 396 g/mol. The van der Waals surface area contributed by atoms with Crippen molar-refractivity contribution in [3.8, 4) is 0 Å². The van der Waals surface area contributed by atoms with Crippen LogP contribution in [0.5, 0.6) is 0 Å². The Morgan fingerprint density at radius 2 is 2.11 bits per heavy atom. The van der Waals surface area contributed by atoms with Crippen molar-refractivity contribution < 1.29 is 22.9 Å². The molecule has 0 spiro atoms. The van der Waals surface area contributed by atoms with Crippen LogP contribution in [0.15, 0.2) is 23.3 Å². The number of aromatic nitrogens is 1. The fourth-order valence-corrected chi connectivity index (χ4v) is 3.20. The van der Waals surface area contributed by atoms with Crippen molar-refractivity contribution in [2.75, 3.05) is 6.26 Å². The van der Waals surface area contributed by atoms with E-state index in [0.29, 0.717) is 29.9 Å². The number of hydrogen-bond acceptors (Lipinski definition) is 6. The van der Waals surface area contributed by atoms with E-state index in [0.717, 1.165) is 35.6 Å². The van der Waals surface area contributed by atoms with E-state index in [1.54, 1.807) is 12.1 Å². The van der Waals surface area contributed by atoms with E-state index < -0.39 is 16.2 Å². The van der Waals surface area contributed by atoms with E-state index in [-0.39, 0.29) is 5.91 Å². The van der Waals surface area contributed by atoms with Crippen LogP contribution in [-0.2, 0) is 16.7 Å². The van der Waals surface area contributed by atoms with Crippen LogP contribution in [-0.4, -0.2) is 41.1 Å². The fourth-order valence-electron chi connectivity index (χ4n) is 3.00. The summed E-state index contributed by atoms with van der Waals surface area (Å²) in [7, 11) is -3.67. The smallest absolute Gasteiger partial charge is 0.273 e. The van der Waals surface area contributed by atoms with Gasteiger partial charge in [0, 0.05) is 22.5 Å². The van der Waals surface area contributed by atoms with Gasteiger partial charge in [0.15, 0.2) is 0 Å². The van der Waals surface area contributed by atoms with Crippen LogP contribution in [0.3, 0.4) is 0 Å². The standard InChI is InChI=1S/C15H17ClN4O2.CH4O3S/c16-11-5-4-9-13(21)3-1-2-6-20-12(7-10(11)14(9)20)15(22)18-8-19-17;1-5(2,3)4/h4-5,7-8,13,21H,1-3,6,17H2,(H,18,19,22);1H3,(H,2,3,4). The van der Waals surface area contributed by atoms with Crippen molar-refractivity contribution in [1.82, 2.24) is 9.88 Å². The average Bonchev–Trinajstić information content (AvgIpc) is 2.94. The minimum absolute atomic E-state index is 0.303. The van der Waals surface area contributed by atoms with E-state index in [4.69, 9.17) is 22.0 Å². The molecule has 0 bridgehead atoms. The number of rotatable bonds is 2. The fraction of sp³-hybridized carbons (Fsp3) is 0.375. The Balaban J connectivity index is 0.000000465. The predicted molar refractivity (Wildman–Crippen MR) is 103 cm³/mol. The highest BCUT2D eigenvalue weighted by Gasteiger charge is 2.23. The highest BCUT2D eigenvalue weighted by molar-refractivity contribution is 7.85. The Labute approximate surface area is 161 Å². The van der Waals surface area contributed by atoms with Gasteiger partial charge in [-0.05, 0) is 31.4 Å². The lowest BCUT2D eigenvalue weighted by molar-refractivity contribution is 0.0968. The van der Waals surface area contributed by atoms with Gasteiger partial charge in [0.1, 0.15) is 12.0 Å². The molecule has 9 nitrogen and oxygen atoms in total. The van der Waals surface area contributed by atoms with Gasteiger partial charge in [-0.2, -0.15) is 13.5 Å². The number of hydrazone groups is 1. The SMILES string of the molecule is CS(=O)(=O)O.NN=CNC(=O)c1cc2c(Cl)ccc3c2n1CCCCC3O. The number of carbonyl (C=O) groups excluding carboxylic acids is 1. The van der Waals surface area contributed by atoms with Crippen molar-refractivity contribution in [2.24, 2.45) is 10.9 Å². The maximum Gasteiger partial charge on any atom is 0.273 e. The second-order valence-corrected chi connectivity index (χ2v) is 7.95. The summed E-state index contributed by atoms with van der Waals surface area (Å²) in [5, 5.41) is 17.5. The highest BCUT2D eigenvalue weighted by atomic mass is 35.5. The summed E-state index contributed by atoms with van der Waals surface area (Å²) in [6.07, 6.45) is 3.81. The third-order valence-electron chi connectivity index (χ3n) is 4.01. The molecule has 1 aliphatic rings. The minimum atomic E-state index is -3.67. The van der Waals surface area contributed by atoms with Gasteiger partial charge in [-0.25, -0.2) is 0 Å². The molecule has 2 heterocycles. The summed E-state index contributed by atoms with van der Waals surface area (Å²) in [4.78, 5) is 12.3. The lowest BCUT2D eigenvalue weighted by Crippen LogP contribution is -2.25. The van der Waals surface area contributed by atoms with Gasteiger partial charge in [-0.1, -0.05) is 17.7 Å². The van der Waals surface area contributed by atoms with Crippen LogP contribution < -0.4 is 11.2 Å². The zero-order chi connectivity index (χ0) is 20.2. The van der Waals surface area contributed by atoms with Crippen LogP contribution in [0.1, 0.15) is 41.4 Å². The molecule has 0 fully saturated rings. The zero-order valence-electron chi connectivity index (χ0n) is 14.6. The maximum absolute atomic E-state index is 12.3. The van der Waals surface area contributed by atoms with Crippen molar-refractivity contribution >= 4 is 44.9 Å². The topological polar surface area (TPSA) is 147 Å². The van der Waals surface area contributed by atoms with E-state index in [2.05, 4.69) is 10.4 Å². The molecule has 0 radical (unpaired) electrons. The summed E-state index contributed by atoms with van der Waals surface area (Å²) in [6.45, 7) is 0.700. The number of hydrogen-bond donors (Lipinski definition) is 4. The number of amides is 1. The van der Waals surface area contributed by atoms with Crippen LogP contribution >= 0.6 is 11.6 Å². The summed E-state index contributed by atoms with van der Waals surface area (Å²) >= 11 is 6.27. The molecule has 1 aliphatic heterocycles. The van der Waals surface area contributed by atoms with Crippen LogP contribution in [0, 0.1) is 0 Å². The first kappa shape index (κ1) is 21.2. The van der Waals surface area contributed by atoms with Crippen LogP contribution in [0.2, 0.25) is 5.02 Å². The summed E-state index contributed by atoms with van der Waals surface area (Å²) in [6, 6.07) is 5.34. The van der Waals surface area contributed by atoms with E-state index in [1.807, 2.05) is 10.6 Å². The van der Waals surface area contributed by atoms with Crippen molar-refractivity contribution in [1.29, 1.82) is 0 Å². The molecule has 0 aliphatic carbocycles. The molecule has 1 atom stereocenters. The largest absolute Gasteiger partial charge is 0.388 e. The Bertz CT molecular complexity index is 963. The first-order valence-electron chi connectivity index (χ1n) is 8.08. The monoisotopic (exact) mass is 416 g/mol. The summed E-state index contributed by atoms with van der Waals surface area (Å²) < 4.78 is 27.8. The Morgan fingerprint density at radius 1 is 1.44 bits per heavy atom. The molecule has 1 amide bonds. The van der Waals surface area contributed by atoms with Gasteiger partial charge >= 0.3 is 0 Å². The van der Waals surface area contributed by atoms with E-state index in [9.17, 15) is 18.3 Å². The molecule has 5 N–H and O–H groups in total. The lowest BCUT2D eigenvalue weighted by Gasteiger charge is -2.20. The van der Waals surface area contributed by atoms with Gasteiger partial charge < -0.3 is 20.8 Å².